The van der Waals surface area contributed by atoms with Gasteiger partial charge in [0, 0.05) is 31.0 Å². The van der Waals surface area contributed by atoms with Crippen molar-refractivity contribution in [3.63, 3.8) is 0 Å². The minimum atomic E-state index is -0.843. The number of fused-ring (bicyclic) bond motifs is 1. The van der Waals surface area contributed by atoms with Crippen molar-refractivity contribution in [2.45, 2.75) is 6.42 Å². The van der Waals surface area contributed by atoms with Crippen molar-refractivity contribution in [2.24, 2.45) is 5.92 Å². The molecule has 20 heavy (non-hydrogen) atoms. The van der Waals surface area contributed by atoms with Gasteiger partial charge in [-0.3, -0.25) is 19.6 Å². The van der Waals surface area contributed by atoms with Crippen molar-refractivity contribution < 1.29 is 14.7 Å². The Morgan fingerprint density at radius 1 is 1.20 bits per heavy atom. The van der Waals surface area contributed by atoms with Gasteiger partial charge in [0.25, 0.3) is 5.91 Å². The summed E-state index contributed by atoms with van der Waals surface area (Å²) in [6.07, 6.45) is 3.68. The summed E-state index contributed by atoms with van der Waals surface area (Å²) >= 11 is 0. The molecule has 0 saturated carbocycles. The number of benzene rings is 1. The van der Waals surface area contributed by atoms with Gasteiger partial charge >= 0.3 is 5.97 Å². The van der Waals surface area contributed by atoms with Gasteiger partial charge in [0.05, 0.1) is 17.0 Å². The van der Waals surface area contributed by atoms with E-state index >= 15 is 0 Å². The summed E-state index contributed by atoms with van der Waals surface area (Å²) in [5.41, 5.74) is 1.91. The maximum Gasteiger partial charge on any atom is 0.308 e. The molecule has 0 bridgehead atoms. The zero-order chi connectivity index (χ0) is 14.1. The maximum atomic E-state index is 12.3. The number of amides is 1. The number of aromatic nitrogens is 2. The molecule has 2 heterocycles. The van der Waals surface area contributed by atoms with Crippen LogP contribution in [-0.4, -0.2) is 44.9 Å². The highest BCUT2D eigenvalue weighted by molar-refractivity contribution is 5.97. The maximum absolute atomic E-state index is 12.3. The lowest BCUT2D eigenvalue weighted by Gasteiger charge is -2.15. The van der Waals surface area contributed by atoms with Crippen molar-refractivity contribution in [1.82, 2.24) is 14.9 Å². The first-order valence-corrected chi connectivity index (χ1v) is 6.38. The molecular formula is C14H13N3O3. The van der Waals surface area contributed by atoms with Gasteiger partial charge in [0.15, 0.2) is 0 Å². The number of likely N-dealkylation sites (tertiary alicyclic amines) is 1. The number of carboxylic acid groups (broad SMARTS) is 1. The predicted octanol–water partition coefficient (Wildman–Crippen LogP) is 1.18. The SMILES string of the molecule is O=C(O)C1CCN(C(=O)c2ccc3nccnc3c2)C1. The summed E-state index contributed by atoms with van der Waals surface area (Å²) in [6, 6.07) is 5.15. The molecule has 0 spiro atoms. The molecule has 1 fully saturated rings. The normalized spacial score (nSPS) is 18.4. The molecule has 1 aromatic heterocycles. The van der Waals surface area contributed by atoms with Crippen molar-refractivity contribution in [2.75, 3.05) is 13.1 Å². The first-order chi connectivity index (χ1) is 9.65. The Labute approximate surface area is 115 Å². The van der Waals surface area contributed by atoms with Crippen LogP contribution in [0.2, 0.25) is 0 Å². The van der Waals surface area contributed by atoms with Gasteiger partial charge in [-0.25, -0.2) is 0 Å². The molecule has 1 aromatic carbocycles. The van der Waals surface area contributed by atoms with Crippen LogP contribution in [0.25, 0.3) is 11.0 Å². The highest BCUT2D eigenvalue weighted by Gasteiger charge is 2.31. The minimum absolute atomic E-state index is 0.152. The number of hydrogen-bond acceptors (Lipinski definition) is 4. The lowest BCUT2D eigenvalue weighted by atomic mass is 10.1. The van der Waals surface area contributed by atoms with E-state index in [1.54, 1.807) is 35.5 Å². The van der Waals surface area contributed by atoms with Gasteiger partial charge in [-0.2, -0.15) is 0 Å². The number of aliphatic carboxylic acids is 1. The van der Waals surface area contributed by atoms with Crippen LogP contribution < -0.4 is 0 Å². The predicted molar refractivity (Wildman–Crippen MR) is 71.2 cm³/mol. The van der Waals surface area contributed by atoms with Crippen molar-refractivity contribution in [3.05, 3.63) is 36.2 Å². The van der Waals surface area contributed by atoms with Crippen LogP contribution in [0.3, 0.4) is 0 Å². The monoisotopic (exact) mass is 271 g/mol. The second-order valence-corrected chi connectivity index (χ2v) is 4.83. The van der Waals surface area contributed by atoms with Gasteiger partial charge in [0.1, 0.15) is 0 Å². The fourth-order valence-corrected chi connectivity index (χ4v) is 2.43. The standard InChI is InChI=1S/C14H13N3O3/c18-13(17-6-3-10(8-17)14(19)20)9-1-2-11-12(7-9)16-5-4-15-11/h1-2,4-5,7,10H,3,6,8H2,(H,19,20). The van der Waals surface area contributed by atoms with E-state index in [1.807, 2.05) is 0 Å². The third-order valence-electron chi connectivity index (χ3n) is 3.54. The first-order valence-electron chi connectivity index (χ1n) is 6.38. The number of nitrogens with zero attached hydrogens (tertiary/aromatic N) is 3. The fraction of sp³-hybridized carbons (Fsp3) is 0.286. The Morgan fingerprint density at radius 2 is 1.95 bits per heavy atom. The Morgan fingerprint density at radius 3 is 2.65 bits per heavy atom. The van der Waals surface area contributed by atoms with E-state index in [0.717, 1.165) is 5.52 Å². The smallest absolute Gasteiger partial charge is 0.308 e. The summed E-state index contributed by atoms with van der Waals surface area (Å²) < 4.78 is 0. The Balaban J connectivity index is 1.84. The van der Waals surface area contributed by atoms with Gasteiger partial charge in [0.2, 0.25) is 0 Å². The summed E-state index contributed by atoms with van der Waals surface area (Å²) in [5, 5.41) is 8.97. The van der Waals surface area contributed by atoms with Crippen LogP contribution >= 0.6 is 0 Å². The van der Waals surface area contributed by atoms with E-state index in [9.17, 15) is 9.59 Å². The minimum Gasteiger partial charge on any atom is -0.481 e. The molecule has 1 aliphatic heterocycles. The molecule has 102 valence electrons. The molecule has 1 unspecified atom stereocenters. The van der Waals surface area contributed by atoms with Crippen molar-refractivity contribution in [3.8, 4) is 0 Å². The molecule has 6 heteroatoms. The Kier molecular flexibility index (Phi) is 3.06. The van der Waals surface area contributed by atoms with Gasteiger partial charge in [-0.1, -0.05) is 0 Å². The van der Waals surface area contributed by atoms with Crippen LogP contribution in [-0.2, 0) is 4.79 Å². The van der Waals surface area contributed by atoms with E-state index in [4.69, 9.17) is 5.11 Å². The Hall–Kier alpha value is -2.50. The summed E-state index contributed by atoms with van der Waals surface area (Å²) in [4.78, 5) is 33.2. The number of carbonyl (C=O) groups excluding carboxylic acids is 1. The van der Waals surface area contributed by atoms with Crippen LogP contribution in [0, 0.1) is 5.92 Å². The van der Waals surface area contributed by atoms with E-state index in [1.165, 1.54) is 0 Å². The van der Waals surface area contributed by atoms with Crippen LogP contribution in [0.15, 0.2) is 30.6 Å². The lowest BCUT2D eigenvalue weighted by Crippen LogP contribution is -2.29. The zero-order valence-electron chi connectivity index (χ0n) is 10.7. The number of hydrogen-bond donors (Lipinski definition) is 1. The van der Waals surface area contributed by atoms with E-state index in [0.29, 0.717) is 24.0 Å². The topological polar surface area (TPSA) is 83.4 Å². The van der Waals surface area contributed by atoms with Crippen LogP contribution in [0.5, 0.6) is 0 Å². The molecule has 0 radical (unpaired) electrons. The largest absolute Gasteiger partial charge is 0.481 e. The molecule has 6 nitrogen and oxygen atoms in total. The number of carbonyl (C=O) groups is 2. The number of rotatable bonds is 2. The molecule has 1 N–H and O–H groups in total. The molecule has 1 atom stereocenters. The molecule has 1 saturated heterocycles. The summed E-state index contributed by atoms with van der Waals surface area (Å²) in [6.45, 7) is 0.751. The molecule has 3 rings (SSSR count). The quantitative estimate of drug-likeness (QED) is 0.886. The van der Waals surface area contributed by atoms with Gasteiger partial charge in [-0.15, -0.1) is 0 Å². The summed E-state index contributed by atoms with van der Waals surface area (Å²) in [5.74, 6) is -1.45. The molecule has 1 aliphatic rings. The molecule has 1 amide bonds. The van der Waals surface area contributed by atoms with Crippen molar-refractivity contribution >= 4 is 22.9 Å². The van der Waals surface area contributed by atoms with E-state index < -0.39 is 11.9 Å². The number of carboxylic acids is 1. The summed E-state index contributed by atoms with van der Waals surface area (Å²) in [7, 11) is 0. The average molecular weight is 271 g/mol. The highest BCUT2D eigenvalue weighted by Crippen LogP contribution is 2.20. The Bertz CT molecular complexity index is 686. The lowest BCUT2D eigenvalue weighted by molar-refractivity contribution is -0.141. The van der Waals surface area contributed by atoms with Gasteiger partial charge in [-0.05, 0) is 24.6 Å². The van der Waals surface area contributed by atoms with E-state index in [2.05, 4.69) is 9.97 Å². The second-order valence-electron chi connectivity index (χ2n) is 4.83. The zero-order valence-corrected chi connectivity index (χ0v) is 10.7. The van der Waals surface area contributed by atoms with E-state index in [-0.39, 0.29) is 12.5 Å². The van der Waals surface area contributed by atoms with Gasteiger partial charge < -0.3 is 10.0 Å². The molecule has 2 aromatic rings. The third-order valence-corrected chi connectivity index (χ3v) is 3.54. The average Bonchev–Trinajstić information content (AvgIpc) is 2.96. The van der Waals surface area contributed by atoms with Crippen LogP contribution in [0.4, 0.5) is 0 Å². The first kappa shape index (κ1) is 12.5. The fourth-order valence-electron chi connectivity index (χ4n) is 2.43. The highest BCUT2D eigenvalue weighted by atomic mass is 16.4. The second kappa shape index (κ2) is 4.88. The molecular weight excluding hydrogens is 258 g/mol. The van der Waals surface area contributed by atoms with Crippen LogP contribution in [0.1, 0.15) is 16.8 Å². The van der Waals surface area contributed by atoms with Crippen molar-refractivity contribution in [1.29, 1.82) is 0 Å². The third kappa shape index (κ3) is 2.20. The molecule has 0 aliphatic carbocycles.